The molecule has 214 valence electrons. The molecule has 2 aromatic heterocycles. The van der Waals surface area contributed by atoms with Crippen LogP contribution in [0, 0.1) is 5.92 Å². The van der Waals surface area contributed by atoms with E-state index in [1.165, 1.54) is 18.1 Å². The van der Waals surface area contributed by atoms with Gasteiger partial charge in [-0.25, -0.2) is 15.0 Å². The maximum absolute atomic E-state index is 12.8. The summed E-state index contributed by atoms with van der Waals surface area (Å²) in [5, 5.41) is 0.753. The normalized spacial score (nSPS) is 16.1. The Labute approximate surface area is 244 Å². The Morgan fingerprint density at radius 1 is 1.23 bits per heavy atom. The van der Waals surface area contributed by atoms with Crippen molar-refractivity contribution in [3.63, 3.8) is 0 Å². The maximum atomic E-state index is 12.8. The molecule has 1 saturated heterocycles. The van der Waals surface area contributed by atoms with Crippen LogP contribution < -0.4 is 15.2 Å². The number of imidazole rings is 1. The summed E-state index contributed by atoms with van der Waals surface area (Å²) < 4.78 is 19.3. The molecule has 4 heterocycles. The van der Waals surface area contributed by atoms with Crippen LogP contribution in [0.1, 0.15) is 26.2 Å². The van der Waals surface area contributed by atoms with E-state index in [1.54, 1.807) is 30.8 Å². The molecule has 0 aliphatic carbocycles. The number of hydrogen-bond donors (Lipinski definition) is 1. The average molecular weight is 635 g/mol. The number of aryl methyl sites for hydroxylation is 1. The van der Waals surface area contributed by atoms with Gasteiger partial charge >= 0.3 is 5.97 Å². The summed E-state index contributed by atoms with van der Waals surface area (Å²) in [6, 6.07) is 3.83. The molecule has 0 saturated carbocycles. The molecule has 1 aromatic carbocycles. The SMILES string of the molecule is C[C@H](OC(=O)CN(C)C)C(=O)N1CCC(CCn2c(Sc3cc4c(cc3Br)OCO4)nc3c(N)ncnc32)CC1. The van der Waals surface area contributed by atoms with Crippen molar-refractivity contribution in [3.8, 4) is 11.5 Å². The average Bonchev–Trinajstić information content (AvgIpc) is 3.51. The summed E-state index contributed by atoms with van der Waals surface area (Å²) in [4.78, 5) is 42.6. The quantitative estimate of drug-likeness (QED) is 0.348. The van der Waals surface area contributed by atoms with Crippen LogP contribution in [-0.2, 0) is 20.9 Å². The molecule has 1 amide bonds. The third kappa shape index (κ3) is 6.28. The number of halogens is 1. The van der Waals surface area contributed by atoms with Crippen LogP contribution in [0.3, 0.4) is 0 Å². The van der Waals surface area contributed by atoms with Gasteiger partial charge in [0.05, 0.1) is 6.54 Å². The lowest BCUT2D eigenvalue weighted by Gasteiger charge is -2.33. The number of carbonyl (C=O) groups is 2. The minimum absolute atomic E-state index is 0.144. The zero-order chi connectivity index (χ0) is 28.4. The van der Waals surface area contributed by atoms with E-state index < -0.39 is 12.1 Å². The first-order valence-corrected chi connectivity index (χ1v) is 14.7. The molecule has 2 N–H and O–H groups in total. The Morgan fingerprint density at radius 3 is 2.67 bits per heavy atom. The van der Waals surface area contributed by atoms with E-state index in [-0.39, 0.29) is 19.2 Å². The van der Waals surface area contributed by atoms with E-state index in [9.17, 15) is 9.59 Å². The predicted molar refractivity (Wildman–Crippen MR) is 152 cm³/mol. The number of fused-ring (bicyclic) bond motifs is 2. The number of nitrogen functional groups attached to an aromatic ring is 1. The highest BCUT2D eigenvalue weighted by molar-refractivity contribution is 9.10. The number of esters is 1. The van der Waals surface area contributed by atoms with Crippen molar-refractivity contribution in [3.05, 3.63) is 22.9 Å². The van der Waals surface area contributed by atoms with Crippen molar-refractivity contribution < 1.29 is 23.8 Å². The summed E-state index contributed by atoms with van der Waals surface area (Å²) in [5.74, 6) is 1.59. The molecule has 0 radical (unpaired) electrons. The lowest BCUT2D eigenvalue weighted by atomic mass is 9.93. The largest absolute Gasteiger partial charge is 0.454 e. The first-order chi connectivity index (χ1) is 19.2. The fourth-order valence-electron chi connectivity index (χ4n) is 4.84. The number of hydrogen-bond acceptors (Lipinski definition) is 11. The fourth-order valence-corrected chi connectivity index (χ4v) is 6.35. The van der Waals surface area contributed by atoms with E-state index in [0.717, 1.165) is 33.8 Å². The lowest BCUT2D eigenvalue weighted by Crippen LogP contribution is -2.45. The predicted octanol–water partition coefficient (Wildman–Crippen LogP) is 3.17. The highest BCUT2D eigenvalue weighted by atomic mass is 79.9. The number of carbonyl (C=O) groups excluding carboxylic acids is 2. The molecular formula is C26H32BrN7O5S. The van der Waals surface area contributed by atoms with E-state index in [2.05, 4.69) is 30.5 Å². The van der Waals surface area contributed by atoms with Gasteiger partial charge in [-0.3, -0.25) is 14.5 Å². The number of likely N-dealkylation sites (N-methyl/N-ethyl adjacent to an activating group) is 1. The molecular weight excluding hydrogens is 602 g/mol. The van der Waals surface area contributed by atoms with Gasteiger partial charge in [-0.15, -0.1) is 0 Å². The Bertz CT molecular complexity index is 1410. The van der Waals surface area contributed by atoms with Crippen molar-refractivity contribution in [1.82, 2.24) is 29.3 Å². The third-order valence-corrected chi connectivity index (χ3v) is 8.91. The van der Waals surface area contributed by atoms with Gasteiger partial charge in [0.25, 0.3) is 5.91 Å². The topological polar surface area (TPSA) is 138 Å². The molecule has 2 aliphatic heterocycles. The molecule has 1 atom stereocenters. The van der Waals surface area contributed by atoms with Crippen molar-refractivity contribution in [1.29, 1.82) is 0 Å². The maximum Gasteiger partial charge on any atom is 0.320 e. The number of aromatic nitrogens is 4. The molecule has 0 unspecified atom stereocenters. The van der Waals surface area contributed by atoms with Gasteiger partial charge in [0, 0.05) is 29.0 Å². The van der Waals surface area contributed by atoms with Crippen molar-refractivity contribution in [2.24, 2.45) is 5.92 Å². The summed E-state index contributed by atoms with van der Waals surface area (Å²) in [7, 11) is 3.57. The van der Waals surface area contributed by atoms with Gasteiger partial charge in [0.2, 0.25) is 6.79 Å². The van der Waals surface area contributed by atoms with Crippen molar-refractivity contribution in [2.45, 2.75) is 48.9 Å². The molecule has 3 aromatic rings. The van der Waals surface area contributed by atoms with Gasteiger partial charge in [-0.1, -0.05) is 11.8 Å². The minimum Gasteiger partial charge on any atom is -0.454 e. The van der Waals surface area contributed by atoms with Crippen LogP contribution in [0.2, 0.25) is 0 Å². The molecule has 5 rings (SSSR count). The van der Waals surface area contributed by atoms with Crippen LogP contribution in [-0.4, -0.2) is 87.8 Å². The third-order valence-electron chi connectivity index (χ3n) is 6.94. The number of benzene rings is 1. The number of rotatable bonds is 9. The first kappa shape index (κ1) is 28.4. The first-order valence-electron chi connectivity index (χ1n) is 13.1. The summed E-state index contributed by atoms with van der Waals surface area (Å²) in [6.07, 6.45) is 3.29. The van der Waals surface area contributed by atoms with E-state index in [4.69, 9.17) is 24.9 Å². The van der Waals surface area contributed by atoms with Crippen LogP contribution in [0.4, 0.5) is 5.82 Å². The molecule has 40 heavy (non-hydrogen) atoms. The minimum atomic E-state index is -0.790. The second-order valence-corrected chi connectivity index (χ2v) is 12.0. The Hall–Kier alpha value is -3.10. The van der Waals surface area contributed by atoms with Gasteiger partial charge < -0.3 is 29.4 Å². The van der Waals surface area contributed by atoms with Crippen molar-refractivity contribution >= 4 is 56.6 Å². The lowest BCUT2D eigenvalue weighted by molar-refractivity contribution is -0.160. The van der Waals surface area contributed by atoms with E-state index in [0.29, 0.717) is 54.0 Å². The van der Waals surface area contributed by atoms with Crippen LogP contribution >= 0.6 is 27.7 Å². The molecule has 14 heteroatoms. The smallest absolute Gasteiger partial charge is 0.320 e. The second kappa shape index (κ2) is 12.2. The molecule has 0 bridgehead atoms. The zero-order valence-electron chi connectivity index (χ0n) is 22.6. The molecule has 2 aliphatic rings. The van der Waals surface area contributed by atoms with Gasteiger partial charge in [-0.2, -0.15) is 0 Å². The van der Waals surface area contributed by atoms with Crippen molar-refractivity contribution in [2.75, 3.05) is 46.3 Å². The number of amides is 1. The summed E-state index contributed by atoms with van der Waals surface area (Å²) in [5.41, 5.74) is 7.40. The van der Waals surface area contributed by atoms with Gasteiger partial charge in [-0.05, 0) is 74.3 Å². The molecule has 0 spiro atoms. The number of likely N-dealkylation sites (tertiary alicyclic amines) is 1. The zero-order valence-corrected chi connectivity index (χ0v) is 25.0. The number of piperidine rings is 1. The standard InChI is InChI=1S/C26H32BrN7O5S/c1-15(39-21(35)12-32(2)3)25(36)33-7-4-16(5-8-33)6-9-34-24-22(23(28)29-13-30-24)31-26(34)40-20-11-19-18(10-17(20)27)37-14-38-19/h10-11,13,15-16H,4-9,12,14H2,1-3H3,(H2,28,29,30)/t15-/m0/s1. The summed E-state index contributed by atoms with van der Waals surface area (Å²) >= 11 is 5.13. The summed E-state index contributed by atoms with van der Waals surface area (Å²) in [6.45, 7) is 3.93. The monoisotopic (exact) mass is 633 g/mol. The Balaban J connectivity index is 1.24. The Morgan fingerprint density at radius 2 is 1.95 bits per heavy atom. The van der Waals surface area contributed by atoms with Crippen LogP contribution in [0.25, 0.3) is 11.2 Å². The number of anilines is 1. The van der Waals surface area contributed by atoms with Gasteiger partial charge in [0.1, 0.15) is 6.33 Å². The second-order valence-electron chi connectivity index (χ2n) is 10.1. The highest BCUT2D eigenvalue weighted by Gasteiger charge is 2.29. The van der Waals surface area contributed by atoms with Crippen LogP contribution in [0.5, 0.6) is 11.5 Å². The highest BCUT2D eigenvalue weighted by Crippen LogP contribution is 2.43. The van der Waals surface area contributed by atoms with E-state index in [1.807, 2.05) is 12.1 Å². The van der Waals surface area contributed by atoms with Crippen LogP contribution in [0.15, 0.2) is 33.0 Å². The van der Waals surface area contributed by atoms with Gasteiger partial charge in [0.15, 0.2) is 39.7 Å². The fraction of sp³-hybridized carbons (Fsp3) is 0.500. The molecule has 1 fully saturated rings. The number of nitrogens with zero attached hydrogens (tertiary/aromatic N) is 6. The van der Waals surface area contributed by atoms with E-state index >= 15 is 0 Å². The number of ether oxygens (including phenoxy) is 3. The number of nitrogens with two attached hydrogens (primary N) is 1. The Kier molecular flexibility index (Phi) is 8.66. The molecule has 12 nitrogen and oxygen atoms in total.